The van der Waals surface area contributed by atoms with Gasteiger partial charge >= 0.3 is 0 Å². The van der Waals surface area contributed by atoms with Crippen molar-refractivity contribution in [2.75, 3.05) is 32.8 Å². The Morgan fingerprint density at radius 1 is 1.21 bits per heavy atom. The maximum atomic E-state index is 10.7. The number of hydrogen-bond donors (Lipinski definition) is 1. The minimum Gasteiger partial charge on any atom is -0.378 e. The van der Waals surface area contributed by atoms with Gasteiger partial charge in [0.15, 0.2) is 0 Å². The van der Waals surface area contributed by atoms with Crippen molar-refractivity contribution in [3.05, 3.63) is 64.4 Å². The number of ether oxygens (including phenoxy) is 2. The molecule has 2 aliphatic heterocycles. The van der Waals surface area contributed by atoms with E-state index in [4.69, 9.17) is 9.47 Å². The third-order valence-corrected chi connectivity index (χ3v) is 4.03. The van der Waals surface area contributed by atoms with Crippen molar-refractivity contribution in [1.29, 1.82) is 0 Å². The minimum absolute atomic E-state index is 0.0920. The number of nitrogens with zero attached hydrogens (tertiary/aromatic N) is 2. The van der Waals surface area contributed by atoms with Crippen LogP contribution in [0.2, 0.25) is 0 Å². The quantitative estimate of drug-likeness (QED) is 0.505. The van der Waals surface area contributed by atoms with Gasteiger partial charge in [-0.1, -0.05) is 6.08 Å². The fourth-order valence-corrected chi connectivity index (χ4v) is 2.68. The number of non-ortho nitro benzene ring substituents is 1. The fraction of sp³-hybridized carbons (Fsp3) is 0.412. The summed E-state index contributed by atoms with van der Waals surface area (Å²) in [6.07, 6.45) is 7.73. The molecule has 2 saturated heterocycles. The summed E-state index contributed by atoms with van der Waals surface area (Å²) in [5.74, 6) is 0. The van der Waals surface area contributed by atoms with Gasteiger partial charge in [-0.25, -0.2) is 0 Å². The SMILES string of the molecule is O=[N+]([O-])c1ccc(C2CNC(/C=C/C=C/N3CCOCC3)O2)cc1. The lowest BCUT2D eigenvalue weighted by Gasteiger charge is -2.24. The number of nitro benzene ring substituents is 1. The average molecular weight is 331 g/mol. The van der Waals surface area contributed by atoms with E-state index in [9.17, 15) is 10.1 Å². The highest BCUT2D eigenvalue weighted by molar-refractivity contribution is 5.34. The zero-order valence-corrected chi connectivity index (χ0v) is 13.3. The molecule has 0 spiro atoms. The van der Waals surface area contributed by atoms with Crippen LogP contribution in [0.1, 0.15) is 11.7 Å². The van der Waals surface area contributed by atoms with E-state index in [-0.39, 0.29) is 18.0 Å². The molecular weight excluding hydrogens is 310 g/mol. The Hall–Kier alpha value is -2.22. The van der Waals surface area contributed by atoms with Crippen molar-refractivity contribution in [3.8, 4) is 0 Å². The molecule has 0 aromatic heterocycles. The lowest BCUT2D eigenvalue weighted by Crippen LogP contribution is -2.31. The maximum absolute atomic E-state index is 10.7. The van der Waals surface area contributed by atoms with E-state index in [0.717, 1.165) is 31.9 Å². The molecule has 0 amide bonds. The molecule has 7 heteroatoms. The van der Waals surface area contributed by atoms with Gasteiger partial charge in [0, 0.05) is 31.8 Å². The number of benzene rings is 1. The van der Waals surface area contributed by atoms with Crippen molar-refractivity contribution in [3.63, 3.8) is 0 Å². The van der Waals surface area contributed by atoms with E-state index in [1.54, 1.807) is 12.1 Å². The average Bonchev–Trinajstić information content (AvgIpc) is 3.09. The van der Waals surface area contributed by atoms with E-state index < -0.39 is 4.92 Å². The number of hydrogen-bond acceptors (Lipinski definition) is 6. The van der Waals surface area contributed by atoms with Crippen molar-refractivity contribution >= 4 is 5.69 Å². The Morgan fingerprint density at radius 2 is 1.96 bits per heavy atom. The Morgan fingerprint density at radius 3 is 2.67 bits per heavy atom. The topological polar surface area (TPSA) is 76.9 Å². The molecule has 7 nitrogen and oxygen atoms in total. The molecule has 1 aromatic carbocycles. The maximum Gasteiger partial charge on any atom is 0.269 e. The van der Waals surface area contributed by atoms with Gasteiger partial charge in [0.25, 0.3) is 5.69 Å². The molecule has 1 N–H and O–H groups in total. The molecule has 2 heterocycles. The van der Waals surface area contributed by atoms with Crippen LogP contribution in [0, 0.1) is 10.1 Å². The van der Waals surface area contributed by atoms with E-state index in [1.165, 1.54) is 12.1 Å². The molecule has 2 fully saturated rings. The molecule has 3 rings (SSSR count). The van der Waals surface area contributed by atoms with E-state index in [0.29, 0.717) is 6.54 Å². The summed E-state index contributed by atoms with van der Waals surface area (Å²) in [5.41, 5.74) is 1.03. The van der Waals surface area contributed by atoms with Gasteiger partial charge in [-0.2, -0.15) is 0 Å². The fourth-order valence-electron chi connectivity index (χ4n) is 2.68. The van der Waals surface area contributed by atoms with E-state index in [2.05, 4.69) is 16.4 Å². The minimum atomic E-state index is -0.399. The molecule has 0 bridgehead atoms. The highest BCUT2D eigenvalue weighted by atomic mass is 16.6. The first-order chi connectivity index (χ1) is 11.7. The monoisotopic (exact) mass is 331 g/mol. The molecular formula is C17H21N3O4. The first-order valence-corrected chi connectivity index (χ1v) is 8.02. The smallest absolute Gasteiger partial charge is 0.269 e. The predicted octanol–water partition coefficient (Wildman–Crippen LogP) is 1.98. The molecule has 0 radical (unpaired) electrons. The first-order valence-electron chi connectivity index (χ1n) is 8.02. The van der Waals surface area contributed by atoms with Crippen LogP contribution in [0.5, 0.6) is 0 Å². The van der Waals surface area contributed by atoms with Crippen molar-refractivity contribution in [1.82, 2.24) is 10.2 Å². The van der Waals surface area contributed by atoms with Crippen LogP contribution >= 0.6 is 0 Å². The standard InChI is InChI=1S/C17H21N3O4/c21-20(22)15-6-4-14(5-7-15)16-13-18-17(24-16)3-1-2-8-19-9-11-23-12-10-19/h1-8,16-18H,9-13H2/b3-1+,8-2+. The first kappa shape index (κ1) is 16.6. The summed E-state index contributed by atoms with van der Waals surface area (Å²) >= 11 is 0. The molecule has 24 heavy (non-hydrogen) atoms. The van der Waals surface area contributed by atoms with Crippen LogP contribution in [0.25, 0.3) is 0 Å². The Kier molecular flexibility index (Phi) is 5.58. The van der Waals surface area contributed by atoms with E-state index >= 15 is 0 Å². The predicted molar refractivity (Wildman–Crippen MR) is 89.4 cm³/mol. The Balaban J connectivity index is 1.48. The second-order valence-corrected chi connectivity index (χ2v) is 5.68. The Bertz CT molecular complexity index is 609. The molecule has 0 saturated carbocycles. The molecule has 2 unspecified atom stereocenters. The number of morpholine rings is 1. The highest BCUT2D eigenvalue weighted by Gasteiger charge is 2.24. The van der Waals surface area contributed by atoms with Gasteiger partial charge in [0.2, 0.25) is 0 Å². The van der Waals surface area contributed by atoms with Crippen LogP contribution < -0.4 is 5.32 Å². The largest absolute Gasteiger partial charge is 0.378 e. The van der Waals surface area contributed by atoms with Gasteiger partial charge in [-0.3, -0.25) is 15.4 Å². The number of nitro groups is 1. The summed E-state index contributed by atoms with van der Waals surface area (Å²) < 4.78 is 11.2. The van der Waals surface area contributed by atoms with Gasteiger partial charge in [-0.05, 0) is 36.0 Å². The summed E-state index contributed by atoms with van der Waals surface area (Å²) in [5, 5.41) is 14.0. The van der Waals surface area contributed by atoms with Gasteiger partial charge in [0.1, 0.15) is 6.23 Å². The lowest BCUT2D eigenvalue weighted by atomic mass is 10.1. The number of allylic oxidation sites excluding steroid dienone is 2. The highest BCUT2D eigenvalue weighted by Crippen LogP contribution is 2.25. The van der Waals surface area contributed by atoms with Crippen LogP contribution in [-0.2, 0) is 9.47 Å². The van der Waals surface area contributed by atoms with Crippen LogP contribution in [0.4, 0.5) is 5.69 Å². The summed E-state index contributed by atoms with van der Waals surface area (Å²) in [4.78, 5) is 12.5. The van der Waals surface area contributed by atoms with E-state index in [1.807, 2.05) is 18.2 Å². The number of rotatable bonds is 5. The molecule has 0 aliphatic carbocycles. The molecule has 2 aliphatic rings. The van der Waals surface area contributed by atoms with Gasteiger partial charge in [-0.15, -0.1) is 0 Å². The third-order valence-electron chi connectivity index (χ3n) is 4.03. The van der Waals surface area contributed by atoms with Gasteiger partial charge in [0.05, 0.1) is 24.2 Å². The van der Waals surface area contributed by atoms with Crippen molar-refractivity contribution in [2.24, 2.45) is 0 Å². The Labute approximate surface area is 140 Å². The lowest BCUT2D eigenvalue weighted by molar-refractivity contribution is -0.384. The zero-order valence-electron chi connectivity index (χ0n) is 13.3. The molecule has 128 valence electrons. The van der Waals surface area contributed by atoms with Crippen molar-refractivity contribution in [2.45, 2.75) is 12.3 Å². The molecule has 1 aromatic rings. The third kappa shape index (κ3) is 4.41. The second-order valence-electron chi connectivity index (χ2n) is 5.68. The molecule has 2 atom stereocenters. The van der Waals surface area contributed by atoms with Crippen LogP contribution in [-0.4, -0.2) is 48.9 Å². The number of nitrogens with one attached hydrogen (secondary N) is 1. The zero-order chi connectivity index (χ0) is 16.8. The summed E-state index contributed by atoms with van der Waals surface area (Å²) in [6.45, 7) is 4.08. The summed E-state index contributed by atoms with van der Waals surface area (Å²) in [6, 6.07) is 6.50. The van der Waals surface area contributed by atoms with Crippen LogP contribution in [0.3, 0.4) is 0 Å². The van der Waals surface area contributed by atoms with Crippen molar-refractivity contribution < 1.29 is 14.4 Å². The summed E-state index contributed by atoms with van der Waals surface area (Å²) in [7, 11) is 0. The van der Waals surface area contributed by atoms with Gasteiger partial charge < -0.3 is 14.4 Å². The second kappa shape index (κ2) is 8.05. The van der Waals surface area contributed by atoms with Crippen LogP contribution in [0.15, 0.2) is 48.7 Å². The normalized spacial score (nSPS) is 24.9.